The fourth-order valence-corrected chi connectivity index (χ4v) is 2.73. The minimum absolute atomic E-state index is 0.0455. The Labute approximate surface area is 111 Å². The van der Waals surface area contributed by atoms with E-state index in [0.717, 1.165) is 24.8 Å². The van der Waals surface area contributed by atoms with Crippen molar-refractivity contribution in [3.05, 3.63) is 0 Å². The molecule has 4 heteroatoms. The van der Waals surface area contributed by atoms with Gasteiger partial charge in [-0.15, -0.1) is 0 Å². The summed E-state index contributed by atoms with van der Waals surface area (Å²) in [7, 11) is 1.62. The molecule has 3 atom stereocenters. The molecule has 106 valence electrons. The number of carbonyl (C=O) groups is 1. The molecule has 1 aliphatic carbocycles. The lowest BCUT2D eigenvalue weighted by Crippen LogP contribution is -2.42. The first-order valence-electron chi connectivity index (χ1n) is 7.15. The zero-order valence-corrected chi connectivity index (χ0v) is 11.8. The Morgan fingerprint density at radius 3 is 2.94 bits per heavy atom. The maximum absolute atomic E-state index is 11.7. The van der Waals surface area contributed by atoms with E-state index in [0.29, 0.717) is 13.0 Å². The van der Waals surface area contributed by atoms with Crippen LogP contribution in [0.5, 0.6) is 0 Å². The van der Waals surface area contributed by atoms with Crippen molar-refractivity contribution in [3.8, 4) is 0 Å². The molecule has 0 aromatic carbocycles. The summed E-state index contributed by atoms with van der Waals surface area (Å²) in [6.07, 6.45) is 7.01. The first-order chi connectivity index (χ1) is 8.63. The molecule has 0 radical (unpaired) electrons. The topological polar surface area (TPSA) is 64.3 Å². The van der Waals surface area contributed by atoms with E-state index in [4.69, 9.17) is 10.5 Å². The summed E-state index contributed by atoms with van der Waals surface area (Å²) in [5, 5.41) is 2.93. The molecule has 3 unspecified atom stereocenters. The van der Waals surface area contributed by atoms with Crippen LogP contribution in [0.2, 0.25) is 0 Å². The van der Waals surface area contributed by atoms with Crippen LogP contribution in [0.25, 0.3) is 0 Å². The SMILES string of the molecule is COCCC(N)C(=O)NCCC1CCCC(C)C1. The van der Waals surface area contributed by atoms with Crippen LogP contribution in [-0.4, -0.2) is 32.2 Å². The molecule has 0 aliphatic heterocycles. The summed E-state index contributed by atoms with van der Waals surface area (Å²) in [4.78, 5) is 11.7. The second-order valence-electron chi connectivity index (χ2n) is 5.61. The summed E-state index contributed by atoms with van der Waals surface area (Å²) in [6.45, 7) is 3.62. The van der Waals surface area contributed by atoms with Crippen LogP contribution in [0.1, 0.15) is 45.4 Å². The molecule has 4 nitrogen and oxygen atoms in total. The molecule has 0 aromatic heterocycles. The van der Waals surface area contributed by atoms with Gasteiger partial charge in [-0.05, 0) is 31.1 Å². The Bertz CT molecular complexity index is 246. The number of hydrogen-bond acceptors (Lipinski definition) is 3. The van der Waals surface area contributed by atoms with Crippen molar-refractivity contribution in [1.82, 2.24) is 5.32 Å². The van der Waals surface area contributed by atoms with Gasteiger partial charge in [-0.1, -0.05) is 26.2 Å². The Morgan fingerprint density at radius 2 is 2.28 bits per heavy atom. The van der Waals surface area contributed by atoms with Gasteiger partial charge in [-0.2, -0.15) is 0 Å². The van der Waals surface area contributed by atoms with E-state index in [1.54, 1.807) is 7.11 Å². The highest BCUT2D eigenvalue weighted by Crippen LogP contribution is 2.30. The Hall–Kier alpha value is -0.610. The molecule has 18 heavy (non-hydrogen) atoms. The number of amides is 1. The molecule has 0 bridgehead atoms. The van der Waals surface area contributed by atoms with E-state index in [9.17, 15) is 4.79 Å². The third-order valence-electron chi connectivity index (χ3n) is 3.87. The number of methoxy groups -OCH3 is 1. The molecular formula is C14H28N2O2. The first kappa shape index (κ1) is 15.4. The maximum atomic E-state index is 11.7. The van der Waals surface area contributed by atoms with Crippen molar-refractivity contribution >= 4 is 5.91 Å². The number of hydrogen-bond donors (Lipinski definition) is 2. The molecule has 0 heterocycles. The van der Waals surface area contributed by atoms with Crippen molar-refractivity contribution in [3.63, 3.8) is 0 Å². The van der Waals surface area contributed by atoms with Crippen molar-refractivity contribution in [2.75, 3.05) is 20.3 Å². The van der Waals surface area contributed by atoms with Gasteiger partial charge in [0, 0.05) is 20.3 Å². The quantitative estimate of drug-likeness (QED) is 0.728. The van der Waals surface area contributed by atoms with Crippen LogP contribution in [-0.2, 0) is 9.53 Å². The first-order valence-corrected chi connectivity index (χ1v) is 7.15. The van der Waals surface area contributed by atoms with Crippen LogP contribution in [0.15, 0.2) is 0 Å². The van der Waals surface area contributed by atoms with Gasteiger partial charge >= 0.3 is 0 Å². The van der Waals surface area contributed by atoms with Crippen LogP contribution in [0, 0.1) is 11.8 Å². The van der Waals surface area contributed by atoms with Gasteiger partial charge in [-0.25, -0.2) is 0 Å². The fourth-order valence-electron chi connectivity index (χ4n) is 2.73. The zero-order chi connectivity index (χ0) is 13.4. The summed E-state index contributed by atoms with van der Waals surface area (Å²) in [6, 6.07) is -0.435. The minimum Gasteiger partial charge on any atom is -0.385 e. The average molecular weight is 256 g/mol. The predicted molar refractivity (Wildman–Crippen MR) is 73.2 cm³/mol. The Balaban J connectivity index is 2.11. The third-order valence-corrected chi connectivity index (χ3v) is 3.87. The smallest absolute Gasteiger partial charge is 0.237 e. The number of nitrogens with one attached hydrogen (secondary N) is 1. The van der Waals surface area contributed by atoms with E-state index in [1.807, 2.05) is 0 Å². The van der Waals surface area contributed by atoms with Crippen LogP contribution in [0.3, 0.4) is 0 Å². The summed E-state index contributed by atoms with van der Waals surface area (Å²) in [5.74, 6) is 1.59. The van der Waals surface area contributed by atoms with Crippen LogP contribution < -0.4 is 11.1 Å². The molecular weight excluding hydrogens is 228 g/mol. The molecule has 1 amide bonds. The normalized spacial score (nSPS) is 25.7. The minimum atomic E-state index is -0.435. The largest absolute Gasteiger partial charge is 0.385 e. The zero-order valence-electron chi connectivity index (χ0n) is 11.8. The third kappa shape index (κ3) is 5.83. The summed E-state index contributed by atoms with van der Waals surface area (Å²) >= 11 is 0. The Morgan fingerprint density at radius 1 is 1.50 bits per heavy atom. The second kappa shape index (κ2) is 8.48. The van der Waals surface area contributed by atoms with E-state index < -0.39 is 6.04 Å². The van der Waals surface area contributed by atoms with E-state index in [1.165, 1.54) is 25.7 Å². The molecule has 0 saturated heterocycles. The molecule has 1 aliphatic rings. The van der Waals surface area contributed by atoms with Crippen LogP contribution in [0.4, 0.5) is 0 Å². The van der Waals surface area contributed by atoms with Crippen molar-refractivity contribution in [1.29, 1.82) is 0 Å². The van der Waals surface area contributed by atoms with E-state index >= 15 is 0 Å². The molecule has 1 saturated carbocycles. The second-order valence-corrected chi connectivity index (χ2v) is 5.61. The Kier molecular flexibility index (Phi) is 7.28. The predicted octanol–water partition coefficient (Wildman–Crippen LogP) is 1.68. The number of nitrogens with two attached hydrogens (primary N) is 1. The van der Waals surface area contributed by atoms with Gasteiger partial charge in [0.2, 0.25) is 5.91 Å². The average Bonchev–Trinajstić information content (AvgIpc) is 2.35. The van der Waals surface area contributed by atoms with Gasteiger partial charge in [0.05, 0.1) is 6.04 Å². The maximum Gasteiger partial charge on any atom is 0.237 e. The molecule has 1 rings (SSSR count). The molecule has 0 spiro atoms. The lowest BCUT2D eigenvalue weighted by atomic mass is 9.81. The van der Waals surface area contributed by atoms with E-state index in [2.05, 4.69) is 12.2 Å². The van der Waals surface area contributed by atoms with Gasteiger partial charge in [0.15, 0.2) is 0 Å². The van der Waals surface area contributed by atoms with Gasteiger partial charge < -0.3 is 15.8 Å². The fraction of sp³-hybridized carbons (Fsp3) is 0.929. The van der Waals surface area contributed by atoms with Crippen molar-refractivity contribution < 1.29 is 9.53 Å². The van der Waals surface area contributed by atoms with Gasteiger partial charge in [0.25, 0.3) is 0 Å². The van der Waals surface area contributed by atoms with Gasteiger partial charge in [-0.3, -0.25) is 4.79 Å². The lowest BCUT2D eigenvalue weighted by molar-refractivity contribution is -0.122. The molecule has 3 N–H and O–H groups in total. The van der Waals surface area contributed by atoms with Gasteiger partial charge in [0.1, 0.15) is 0 Å². The monoisotopic (exact) mass is 256 g/mol. The highest BCUT2D eigenvalue weighted by Gasteiger charge is 2.19. The standard InChI is InChI=1S/C14H28N2O2/c1-11-4-3-5-12(10-11)6-8-16-14(17)13(15)7-9-18-2/h11-13H,3-10,15H2,1-2H3,(H,16,17). The molecule has 1 fully saturated rings. The van der Waals surface area contributed by atoms with E-state index in [-0.39, 0.29) is 5.91 Å². The highest BCUT2D eigenvalue weighted by molar-refractivity contribution is 5.81. The molecule has 0 aromatic rings. The van der Waals surface area contributed by atoms with Crippen LogP contribution >= 0.6 is 0 Å². The summed E-state index contributed by atoms with van der Waals surface area (Å²) < 4.78 is 4.91. The van der Waals surface area contributed by atoms with Crippen molar-refractivity contribution in [2.45, 2.75) is 51.5 Å². The lowest BCUT2D eigenvalue weighted by Gasteiger charge is -2.26. The number of ether oxygens (including phenoxy) is 1. The number of carbonyl (C=O) groups excluding carboxylic acids is 1. The highest BCUT2D eigenvalue weighted by atomic mass is 16.5. The van der Waals surface area contributed by atoms with Crippen molar-refractivity contribution in [2.24, 2.45) is 17.6 Å². The number of rotatable bonds is 7. The summed E-state index contributed by atoms with van der Waals surface area (Å²) in [5.41, 5.74) is 5.75.